The minimum Gasteiger partial charge on any atom is -0.384 e. The Bertz CT molecular complexity index is 742. The van der Waals surface area contributed by atoms with Crippen molar-refractivity contribution < 1.29 is 14.8 Å². The third-order valence-electron chi connectivity index (χ3n) is 2.44. The van der Waals surface area contributed by atoms with Crippen LogP contribution in [0.15, 0.2) is 30.6 Å². The molecule has 21 heavy (non-hydrogen) atoms. The summed E-state index contributed by atoms with van der Waals surface area (Å²) in [5.41, 5.74) is 0.429. The summed E-state index contributed by atoms with van der Waals surface area (Å²) in [4.78, 5) is 28.3. The van der Waals surface area contributed by atoms with Crippen LogP contribution in [-0.4, -0.2) is 32.5 Å². The van der Waals surface area contributed by atoms with Gasteiger partial charge in [0.2, 0.25) is 0 Å². The molecule has 0 bridgehead atoms. The first kappa shape index (κ1) is 14.2. The lowest BCUT2D eigenvalue weighted by molar-refractivity contribution is -0.384. The molecular formula is C13H10N4O4. The van der Waals surface area contributed by atoms with Crippen molar-refractivity contribution in [3.63, 3.8) is 0 Å². The Morgan fingerprint density at radius 2 is 2.33 bits per heavy atom. The quantitative estimate of drug-likeness (QED) is 0.440. The molecule has 0 aliphatic carbocycles. The molecule has 0 aromatic carbocycles. The molecule has 8 nitrogen and oxygen atoms in total. The number of aliphatic hydroxyl groups is 1. The average Bonchev–Trinajstić information content (AvgIpc) is 2.95. The number of H-pyrrole nitrogens is 1. The van der Waals surface area contributed by atoms with Crippen LogP contribution in [0.2, 0.25) is 0 Å². The SMILES string of the molecule is O=C(Nc1cc(C#CCO)ccn1)c1cc([N+](=O)[O-])c[nH]1. The van der Waals surface area contributed by atoms with Crippen molar-refractivity contribution in [3.8, 4) is 11.8 Å². The first-order valence-corrected chi connectivity index (χ1v) is 5.80. The first-order chi connectivity index (χ1) is 10.1. The maximum atomic E-state index is 11.9. The van der Waals surface area contributed by atoms with E-state index in [1.807, 2.05) is 0 Å². The van der Waals surface area contributed by atoms with Crippen LogP contribution in [0.4, 0.5) is 11.5 Å². The molecule has 2 aromatic heterocycles. The molecule has 3 N–H and O–H groups in total. The zero-order valence-corrected chi connectivity index (χ0v) is 10.7. The van der Waals surface area contributed by atoms with Crippen LogP contribution in [0, 0.1) is 22.0 Å². The second-order valence-electron chi connectivity index (χ2n) is 3.87. The van der Waals surface area contributed by atoms with Crippen molar-refractivity contribution in [1.29, 1.82) is 0 Å². The summed E-state index contributed by atoms with van der Waals surface area (Å²) in [6.07, 6.45) is 2.58. The Kier molecular flexibility index (Phi) is 4.28. The van der Waals surface area contributed by atoms with Gasteiger partial charge in [0, 0.05) is 17.8 Å². The largest absolute Gasteiger partial charge is 0.384 e. The molecule has 0 radical (unpaired) electrons. The Balaban J connectivity index is 2.13. The van der Waals surface area contributed by atoms with Crippen molar-refractivity contribution in [2.24, 2.45) is 0 Å². The van der Waals surface area contributed by atoms with Gasteiger partial charge in [0.1, 0.15) is 18.1 Å². The number of hydrogen-bond donors (Lipinski definition) is 3. The zero-order valence-electron chi connectivity index (χ0n) is 10.7. The van der Waals surface area contributed by atoms with Gasteiger partial charge in [-0.2, -0.15) is 0 Å². The number of pyridine rings is 1. The topological polar surface area (TPSA) is 121 Å². The molecule has 0 aliphatic rings. The lowest BCUT2D eigenvalue weighted by Crippen LogP contribution is -2.13. The van der Waals surface area contributed by atoms with Gasteiger partial charge in [0.25, 0.3) is 11.6 Å². The summed E-state index contributed by atoms with van der Waals surface area (Å²) in [6, 6.07) is 4.28. The molecule has 2 aromatic rings. The summed E-state index contributed by atoms with van der Waals surface area (Å²) >= 11 is 0. The van der Waals surface area contributed by atoms with Crippen molar-refractivity contribution >= 4 is 17.4 Å². The smallest absolute Gasteiger partial charge is 0.287 e. The summed E-state index contributed by atoms with van der Waals surface area (Å²) in [7, 11) is 0. The van der Waals surface area contributed by atoms with Crippen molar-refractivity contribution in [1.82, 2.24) is 9.97 Å². The molecule has 8 heteroatoms. The molecule has 0 atom stereocenters. The minimum absolute atomic E-state index is 0.0512. The first-order valence-electron chi connectivity index (χ1n) is 5.80. The normalized spacial score (nSPS) is 9.57. The van der Waals surface area contributed by atoms with E-state index in [0.717, 1.165) is 12.3 Å². The fraction of sp³-hybridized carbons (Fsp3) is 0.0769. The third-order valence-corrected chi connectivity index (χ3v) is 2.44. The Morgan fingerprint density at radius 1 is 1.52 bits per heavy atom. The van der Waals surface area contributed by atoms with E-state index in [1.54, 1.807) is 6.07 Å². The summed E-state index contributed by atoms with van der Waals surface area (Å²) in [5.74, 6) is 4.85. The highest BCUT2D eigenvalue weighted by molar-refractivity contribution is 6.02. The van der Waals surface area contributed by atoms with Gasteiger partial charge in [-0.3, -0.25) is 14.9 Å². The average molecular weight is 286 g/mol. The summed E-state index contributed by atoms with van der Waals surface area (Å²) in [5, 5.41) is 21.7. The molecule has 2 rings (SSSR count). The Hall–Kier alpha value is -3.18. The standard InChI is InChI=1S/C13H10N4O4/c18-5-1-2-9-3-4-14-12(6-9)16-13(19)11-7-10(8-15-11)17(20)21/h3-4,6-8,15,18H,5H2,(H,14,16,19). The predicted molar refractivity (Wildman–Crippen MR) is 73.6 cm³/mol. The number of aromatic nitrogens is 2. The van der Waals surface area contributed by atoms with E-state index >= 15 is 0 Å². The summed E-state index contributed by atoms with van der Waals surface area (Å²) < 4.78 is 0. The van der Waals surface area contributed by atoms with E-state index in [2.05, 4.69) is 27.1 Å². The molecule has 1 amide bonds. The number of carbonyl (C=O) groups excluding carboxylic acids is 1. The van der Waals surface area contributed by atoms with E-state index in [4.69, 9.17) is 5.11 Å². The zero-order chi connectivity index (χ0) is 15.2. The monoisotopic (exact) mass is 286 g/mol. The highest BCUT2D eigenvalue weighted by Gasteiger charge is 2.14. The fourth-order valence-electron chi connectivity index (χ4n) is 1.52. The molecule has 0 unspecified atom stereocenters. The van der Waals surface area contributed by atoms with Crippen LogP contribution in [0.5, 0.6) is 0 Å². The number of aromatic amines is 1. The van der Waals surface area contributed by atoms with Crippen LogP contribution < -0.4 is 5.32 Å². The predicted octanol–water partition coefficient (Wildman–Crippen LogP) is 0.914. The second-order valence-corrected chi connectivity index (χ2v) is 3.87. The lowest BCUT2D eigenvalue weighted by Gasteiger charge is -2.02. The lowest BCUT2D eigenvalue weighted by atomic mass is 10.2. The Morgan fingerprint density at radius 3 is 3.00 bits per heavy atom. The van der Waals surface area contributed by atoms with Crippen molar-refractivity contribution in [2.75, 3.05) is 11.9 Å². The number of nitrogens with zero attached hydrogens (tertiary/aromatic N) is 2. The second kappa shape index (κ2) is 6.31. The third kappa shape index (κ3) is 3.65. The number of anilines is 1. The molecule has 0 aliphatic heterocycles. The number of nitro groups is 1. The highest BCUT2D eigenvalue weighted by Crippen LogP contribution is 2.14. The number of amides is 1. The van der Waals surface area contributed by atoms with Crippen LogP contribution in [0.3, 0.4) is 0 Å². The fourth-order valence-corrected chi connectivity index (χ4v) is 1.52. The van der Waals surface area contributed by atoms with Gasteiger partial charge in [-0.25, -0.2) is 4.98 Å². The van der Waals surface area contributed by atoms with E-state index in [9.17, 15) is 14.9 Å². The van der Waals surface area contributed by atoms with Crippen LogP contribution in [-0.2, 0) is 0 Å². The van der Waals surface area contributed by atoms with Crippen molar-refractivity contribution in [3.05, 3.63) is 52.0 Å². The van der Waals surface area contributed by atoms with Crippen LogP contribution >= 0.6 is 0 Å². The van der Waals surface area contributed by atoms with E-state index in [0.29, 0.717) is 5.56 Å². The van der Waals surface area contributed by atoms with Gasteiger partial charge in [-0.15, -0.1) is 0 Å². The number of hydrogen-bond acceptors (Lipinski definition) is 5. The minimum atomic E-state index is -0.601. The van der Waals surface area contributed by atoms with Gasteiger partial charge >= 0.3 is 0 Å². The molecule has 0 saturated heterocycles. The van der Waals surface area contributed by atoms with Crippen molar-refractivity contribution in [2.45, 2.75) is 0 Å². The van der Waals surface area contributed by atoms with E-state index < -0.39 is 10.8 Å². The number of nitrogens with one attached hydrogen (secondary N) is 2. The molecule has 0 fully saturated rings. The maximum Gasteiger partial charge on any atom is 0.287 e. The number of rotatable bonds is 3. The van der Waals surface area contributed by atoms with Gasteiger partial charge < -0.3 is 15.4 Å². The highest BCUT2D eigenvalue weighted by atomic mass is 16.6. The number of aliphatic hydroxyl groups excluding tert-OH is 1. The van der Waals surface area contributed by atoms with Gasteiger partial charge in [0.05, 0.1) is 11.1 Å². The molecule has 106 valence electrons. The maximum absolute atomic E-state index is 11.9. The molecule has 0 saturated carbocycles. The van der Waals surface area contributed by atoms with Gasteiger partial charge in [-0.1, -0.05) is 11.8 Å². The molecule has 2 heterocycles. The Labute approximate surface area is 119 Å². The molecular weight excluding hydrogens is 276 g/mol. The van der Waals surface area contributed by atoms with Crippen LogP contribution in [0.1, 0.15) is 16.1 Å². The van der Waals surface area contributed by atoms with Gasteiger partial charge in [-0.05, 0) is 12.1 Å². The van der Waals surface area contributed by atoms with Crippen LogP contribution in [0.25, 0.3) is 0 Å². The molecule has 0 spiro atoms. The summed E-state index contributed by atoms with van der Waals surface area (Å²) in [6.45, 7) is -0.268. The van der Waals surface area contributed by atoms with Gasteiger partial charge in [0.15, 0.2) is 0 Å². The van der Waals surface area contributed by atoms with E-state index in [1.165, 1.54) is 12.3 Å². The van der Waals surface area contributed by atoms with E-state index in [-0.39, 0.29) is 23.8 Å². The number of carbonyl (C=O) groups is 1.